The van der Waals surface area contributed by atoms with E-state index in [0.29, 0.717) is 5.91 Å². The molecule has 0 spiro atoms. The Bertz CT molecular complexity index is 332. The third-order valence-corrected chi connectivity index (χ3v) is 5.71. The monoisotopic (exact) mass is 252 g/mol. The molecule has 1 aliphatic heterocycles. The Hall–Kier alpha value is -0.570. The van der Waals surface area contributed by atoms with E-state index in [-0.39, 0.29) is 28.8 Å². The molecular formula is C15H28N2O. The maximum atomic E-state index is 12.8. The van der Waals surface area contributed by atoms with Crippen LogP contribution in [0.25, 0.3) is 0 Å². The summed E-state index contributed by atoms with van der Waals surface area (Å²) in [5.41, 5.74) is 6.31. The van der Waals surface area contributed by atoms with E-state index in [1.165, 1.54) is 6.42 Å². The van der Waals surface area contributed by atoms with Gasteiger partial charge < -0.3 is 10.6 Å². The molecule has 0 radical (unpaired) electrons. The lowest BCUT2D eigenvalue weighted by atomic mass is 9.95. The van der Waals surface area contributed by atoms with Gasteiger partial charge in [0.05, 0.1) is 0 Å². The van der Waals surface area contributed by atoms with Crippen LogP contribution in [0.3, 0.4) is 0 Å². The number of nitrogens with two attached hydrogens (primary N) is 1. The first kappa shape index (κ1) is 13.9. The van der Waals surface area contributed by atoms with Gasteiger partial charge in [-0.1, -0.05) is 27.7 Å². The molecular weight excluding hydrogens is 224 g/mol. The summed E-state index contributed by atoms with van der Waals surface area (Å²) in [4.78, 5) is 14.9. The molecule has 2 aliphatic rings. The van der Waals surface area contributed by atoms with Gasteiger partial charge in [-0.05, 0) is 37.0 Å². The van der Waals surface area contributed by atoms with E-state index in [2.05, 4.69) is 32.6 Å². The van der Waals surface area contributed by atoms with Gasteiger partial charge in [0.2, 0.25) is 5.91 Å². The quantitative estimate of drug-likeness (QED) is 0.820. The van der Waals surface area contributed by atoms with Crippen molar-refractivity contribution in [2.45, 2.75) is 66.0 Å². The molecule has 3 heteroatoms. The first-order chi connectivity index (χ1) is 8.21. The fourth-order valence-corrected chi connectivity index (χ4v) is 3.76. The highest BCUT2D eigenvalue weighted by molar-refractivity contribution is 5.84. The van der Waals surface area contributed by atoms with Crippen LogP contribution in [0.5, 0.6) is 0 Å². The topological polar surface area (TPSA) is 46.3 Å². The van der Waals surface area contributed by atoms with Crippen LogP contribution in [0.15, 0.2) is 0 Å². The Morgan fingerprint density at radius 3 is 2.22 bits per heavy atom. The lowest BCUT2D eigenvalue weighted by molar-refractivity contribution is -0.138. The molecule has 1 aliphatic carbocycles. The molecule has 3 nitrogen and oxygen atoms in total. The highest BCUT2D eigenvalue weighted by atomic mass is 16.2. The van der Waals surface area contributed by atoms with Gasteiger partial charge in [0.1, 0.15) is 0 Å². The minimum Gasteiger partial charge on any atom is -0.338 e. The minimum absolute atomic E-state index is 0.0826. The lowest BCUT2D eigenvalue weighted by Gasteiger charge is -2.38. The molecule has 0 aromatic carbocycles. The number of carbonyl (C=O) groups excluding carboxylic acids is 1. The number of likely N-dealkylation sites (tertiary alicyclic amines) is 1. The summed E-state index contributed by atoms with van der Waals surface area (Å²) < 4.78 is 0. The SMILES string of the molecule is CC(N)C1CCCCN1C(=O)C1C(C)(C)C1(C)C. The summed E-state index contributed by atoms with van der Waals surface area (Å²) in [6.07, 6.45) is 3.40. The molecule has 0 bridgehead atoms. The van der Waals surface area contributed by atoms with E-state index >= 15 is 0 Å². The van der Waals surface area contributed by atoms with Gasteiger partial charge in [-0.3, -0.25) is 4.79 Å². The van der Waals surface area contributed by atoms with Crippen LogP contribution >= 0.6 is 0 Å². The largest absolute Gasteiger partial charge is 0.338 e. The lowest BCUT2D eigenvalue weighted by Crippen LogP contribution is -2.52. The van der Waals surface area contributed by atoms with Crippen molar-refractivity contribution >= 4 is 5.91 Å². The van der Waals surface area contributed by atoms with Crippen molar-refractivity contribution < 1.29 is 4.79 Å². The molecule has 1 saturated heterocycles. The molecule has 2 N–H and O–H groups in total. The second-order valence-corrected chi connectivity index (χ2v) is 7.33. The highest BCUT2D eigenvalue weighted by Crippen LogP contribution is 2.69. The molecule has 2 fully saturated rings. The molecule has 18 heavy (non-hydrogen) atoms. The average Bonchev–Trinajstić information content (AvgIpc) is 2.68. The maximum Gasteiger partial charge on any atom is 0.227 e. The first-order valence-electron chi connectivity index (χ1n) is 7.27. The summed E-state index contributed by atoms with van der Waals surface area (Å²) in [7, 11) is 0. The summed E-state index contributed by atoms with van der Waals surface area (Å²) in [6.45, 7) is 11.8. The zero-order valence-electron chi connectivity index (χ0n) is 12.5. The van der Waals surface area contributed by atoms with Crippen molar-refractivity contribution in [2.75, 3.05) is 6.54 Å². The molecule has 2 rings (SSSR count). The summed E-state index contributed by atoms with van der Waals surface area (Å²) >= 11 is 0. The van der Waals surface area contributed by atoms with E-state index in [1.54, 1.807) is 0 Å². The third kappa shape index (κ3) is 1.87. The average molecular weight is 252 g/mol. The van der Waals surface area contributed by atoms with Crippen LogP contribution in [-0.2, 0) is 4.79 Å². The van der Waals surface area contributed by atoms with Crippen molar-refractivity contribution in [3.05, 3.63) is 0 Å². The maximum absolute atomic E-state index is 12.8. The number of hydrogen-bond donors (Lipinski definition) is 1. The Morgan fingerprint density at radius 2 is 1.78 bits per heavy atom. The van der Waals surface area contributed by atoms with E-state index < -0.39 is 0 Å². The zero-order chi connectivity index (χ0) is 13.7. The highest BCUT2D eigenvalue weighted by Gasteiger charge is 2.69. The smallest absolute Gasteiger partial charge is 0.227 e. The number of piperidine rings is 1. The molecule has 104 valence electrons. The van der Waals surface area contributed by atoms with Gasteiger partial charge >= 0.3 is 0 Å². The van der Waals surface area contributed by atoms with Crippen LogP contribution in [-0.4, -0.2) is 29.4 Å². The second kappa shape index (κ2) is 4.22. The third-order valence-electron chi connectivity index (χ3n) is 5.71. The van der Waals surface area contributed by atoms with Crippen LogP contribution in [0.4, 0.5) is 0 Å². The van der Waals surface area contributed by atoms with Gasteiger partial charge in [-0.2, -0.15) is 0 Å². The van der Waals surface area contributed by atoms with Crippen LogP contribution < -0.4 is 5.73 Å². The molecule has 2 atom stereocenters. The summed E-state index contributed by atoms with van der Waals surface area (Å²) in [6, 6.07) is 0.331. The second-order valence-electron chi connectivity index (χ2n) is 7.33. The van der Waals surface area contributed by atoms with Gasteiger partial charge in [0.15, 0.2) is 0 Å². The molecule has 0 aromatic heterocycles. The van der Waals surface area contributed by atoms with Gasteiger partial charge in [-0.15, -0.1) is 0 Å². The Labute approximate surface area is 111 Å². The molecule has 0 aromatic rings. The zero-order valence-corrected chi connectivity index (χ0v) is 12.5. The Balaban J connectivity index is 2.14. The fraction of sp³-hybridized carbons (Fsp3) is 0.933. The van der Waals surface area contributed by atoms with Crippen molar-refractivity contribution in [3.8, 4) is 0 Å². The number of carbonyl (C=O) groups is 1. The normalized spacial score (nSPS) is 32.1. The van der Waals surface area contributed by atoms with Gasteiger partial charge in [0.25, 0.3) is 0 Å². The van der Waals surface area contributed by atoms with Crippen molar-refractivity contribution in [1.82, 2.24) is 4.90 Å². The first-order valence-corrected chi connectivity index (χ1v) is 7.27. The predicted molar refractivity (Wildman–Crippen MR) is 74.1 cm³/mol. The molecule has 1 saturated carbocycles. The van der Waals surface area contributed by atoms with Crippen molar-refractivity contribution in [1.29, 1.82) is 0 Å². The van der Waals surface area contributed by atoms with E-state index in [9.17, 15) is 4.79 Å². The number of rotatable bonds is 2. The van der Waals surface area contributed by atoms with E-state index in [4.69, 9.17) is 5.73 Å². The van der Waals surface area contributed by atoms with E-state index in [0.717, 1.165) is 19.4 Å². The molecule has 1 heterocycles. The van der Waals surface area contributed by atoms with Crippen LogP contribution in [0.1, 0.15) is 53.9 Å². The van der Waals surface area contributed by atoms with Crippen molar-refractivity contribution in [3.63, 3.8) is 0 Å². The van der Waals surface area contributed by atoms with Gasteiger partial charge in [-0.25, -0.2) is 0 Å². The summed E-state index contributed by atoms with van der Waals surface area (Å²) in [5, 5.41) is 0. The Kier molecular flexibility index (Phi) is 3.25. The predicted octanol–water partition coefficient (Wildman–Crippen LogP) is 2.40. The number of nitrogens with zero attached hydrogens (tertiary/aromatic N) is 1. The van der Waals surface area contributed by atoms with Gasteiger partial charge in [0, 0.05) is 24.5 Å². The van der Waals surface area contributed by atoms with Crippen molar-refractivity contribution in [2.24, 2.45) is 22.5 Å². The Morgan fingerprint density at radius 1 is 1.22 bits per heavy atom. The number of hydrogen-bond acceptors (Lipinski definition) is 2. The van der Waals surface area contributed by atoms with Crippen LogP contribution in [0, 0.1) is 16.7 Å². The van der Waals surface area contributed by atoms with E-state index in [1.807, 2.05) is 6.92 Å². The summed E-state index contributed by atoms with van der Waals surface area (Å²) in [5.74, 6) is 0.511. The number of amides is 1. The molecule has 2 unspecified atom stereocenters. The standard InChI is InChI=1S/C15H28N2O/c1-10(16)11-8-6-7-9-17(11)13(18)12-14(2,3)15(12,4)5/h10-12H,6-9,16H2,1-5H3. The fourth-order valence-electron chi connectivity index (χ4n) is 3.76. The minimum atomic E-state index is 0.0826. The van der Waals surface area contributed by atoms with Crippen LogP contribution in [0.2, 0.25) is 0 Å². The molecule has 1 amide bonds.